The van der Waals surface area contributed by atoms with Crippen molar-refractivity contribution < 1.29 is 0 Å². The second-order valence-corrected chi connectivity index (χ2v) is 6.91. The van der Waals surface area contributed by atoms with E-state index in [1.165, 1.54) is 0 Å². The van der Waals surface area contributed by atoms with Gasteiger partial charge in [0.25, 0.3) is 0 Å². The molecule has 3 nitrogen and oxygen atoms in total. The van der Waals surface area contributed by atoms with Crippen molar-refractivity contribution in [3.8, 4) is 0 Å². The van der Waals surface area contributed by atoms with Crippen molar-refractivity contribution in [1.82, 2.24) is 15.3 Å². The van der Waals surface area contributed by atoms with Gasteiger partial charge in [0.15, 0.2) is 0 Å². The Hall–Kier alpha value is -0.300. The molecule has 2 aromatic heterocycles. The number of halogens is 2. The number of hydrogen-bond acceptors (Lipinski definition) is 4. The molecule has 0 aliphatic heterocycles. The zero-order valence-electron chi connectivity index (χ0n) is 10.6. The van der Waals surface area contributed by atoms with Crippen molar-refractivity contribution in [3.63, 3.8) is 0 Å². The molecule has 0 spiro atoms. The van der Waals surface area contributed by atoms with Crippen LogP contribution in [0.2, 0.25) is 0 Å². The lowest BCUT2D eigenvalue weighted by atomic mass is 10.1. The lowest BCUT2D eigenvalue weighted by Crippen LogP contribution is -2.25. The number of aromatic nitrogens is 2. The molecule has 2 rings (SSSR count). The summed E-state index contributed by atoms with van der Waals surface area (Å²) in [6.07, 6.45) is 5.65. The minimum absolute atomic E-state index is 0.188. The fourth-order valence-electron chi connectivity index (χ4n) is 1.79. The van der Waals surface area contributed by atoms with E-state index < -0.39 is 0 Å². The van der Waals surface area contributed by atoms with Gasteiger partial charge in [-0.05, 0) is 50.9 Å². The van der Waals surface area contributed by atoms with Gasteiger partial charge in [-0.3, -0.25) is 4.98 Å². The van der Waals surface area contributed by atoms with Gasteiger partial charge in [-0.15, -0.1) is 11.3 Å². The normalized spacial score (nSPS) is 12.6. The van der Waals surface area contributed by atoms with Crippen LogP contribution in [0, 0.1) is 0 Å². The first-order chi connectivity index (χ1) is 9.20. The van der Waals surface area contributed by atoms with Gasteiger partial charge in [0, 0.05) is 33.1 Å². The lowest BCUT2D eigenvalue weighted by molar-refractivity contribution is 0.515. The lowest BCUT2D eigenvalue weighted by Gasteiger charge is -2.18. The highest BCUT2D eigenvalue weighted by molar-refractivity contribution is 9.11. The quantitative estimate of drug-likeness (QED) is 0.777. The number of thiazole rings is 1. The standard InChI is InChI=1S/C13H15Br2N3S/c1-2-3-16-11(7-12-17-4-5-19-12)13-10(15)6-9(14)8-18-13/h4-6,8,11,16H,2-3,7H2,1H3. The molecule has 0 aromatic carbocycles. The number of nitrogens with zero attached hydrogens (tertiary/aromatic N) is 2. The summed E-state index contributed by atoms with van der Waals surface area (Å²) in [7, 11) is 0. The smallest absolute Gasteiger partial charge is 0.0944 e. The Kier molecular flexibility index (Phi) is 5.94. The van der Waals surface area contributed by atoms with Gasteiger partial charge in [0.05, 0.1) is 16.7 Å². The van der Waals surface area contributed by atoms with Gasteiger partial charge in [0.1, 0.15) is 0 Å². The minimum Gasteiger partial charge on any atom is -0.308 e. The summed E-state index contributed by atoms with van der Waals surface area (Å²) in [6, 6.07) is 2.22. The van der Waals surface area contributed by atoms with E-state index in [1.807, 2.05) is 23.8 Å². The van der Waals surface area contributed by atoms with E-state index in [0.717, 1.165) is 39.0 Å². The van der Waals surface area contributed by atoms with Gasteiger partial charge >= 0.3 is 0 Å². The van der Waals surface area contributed by atoms with Gasteiger partial charge in [-0.2, -0.15) is 0 Å². The summed E-state index contributed by atoms with van der Waals surface area (Å²) in [5.74, 6) is 0. The first kappa shape index (κ1) is 15.1. The van der Waals surface area contributed by atoms with E-state index in [1.54, 1.807) is 11.3 Å². The Bertz CT molecular complexity index is 517. The van der Waals surface area contributed by atoms with Gasteiger partial charge < -0.3 is 5.32 Å². The molecule has 0 saturated heterocycles. The van der Waals surface area contributed by atoms with Crippen LogP contribution in [0.4, 0.5) is 0 Å². The molecule has 1 unspecified atom stereocenters. The summed E-state index contributed by atoms with van der Waals surface area (Å²) in [5, 5.41) is 6.68. The molecule has 102 valence electrons. The number of pyridine rings is 1. The van der Waals surface area contributed by atoms with Crippen LogP contribution in [-0.2, 0) is 6.42 Å². The highest BCUT2D eigenvalue weighted by atomic mass is 79.9. The number of rotatable bonds is 6. The molecule has 0 radical (unpaired) electrons. The molecular weight excluding hydrogens is 390 g/mol. The molecule has 0 saturated carbocycles. The van der Waals surface area contributed by atoms with Crippen LogP contribution in [0.1, 0.15) is 30.1 Å². The van der Waals surface area contributed by atoms with Crippen molar-refractivity contribution >= 4 is 43.2 Å². The summed E-state index contributed by atoms with van der Waals surface area (Å²) >= 11 is 8.71. The van der Waals surface area contributed by atoms with Crippen LogP contribution in [0.15, 0.2) is 32.8 Å². The molecule has 0 fully saturated rings. The molecule has 2 aromatic rings. The van der Waals surface area contributed by atoms with E-state index in [9.17, 15) is 0 Å². The largest absolute Gasteiger partial charge is 0.308 e. The molecule has 0 bridgehead atoms. The van der Waals surface area contributed by atoms with E-state index in [-0.39, 0.29) is 6.04 Å². The predicted molar refractivity (Wildman–Crippen MR) is 86.5 cm³/mol. The fraction of sp³-hybridized carbons (Fsp3) is 0.385. The van der Waals surface area contributed by atoms with Crippen LogP contribution < -0.4 is 5.32 Å². The van der Waals surface area contributed by atoms with Gasteiger partial charge in [-0.1, -0.05) is 6.92 Å². The third-order valence-corrected chi connectivity index (χ3v) is 4.54. The maximum Gasteiger partial charge on any atom is 0.0944 e. The summed E-state index contributed by atoms with van der Waals surface area (Å²) in [5.41, 5.74) is 1.03. The first-order valence-electron chi connectivity index (χ1n) is 6.13. The molecule has 0 aliphatic rings. The van der Waals surface area contributed by atoms with Crippen molar-refractivity contribution in [2.45, 2.75) is 25.8 Å². The molecule has 2 heterocycles. The van der Waals surface area contributed by atoms with E-state index in [2.05, 4.69) is 54.1 Å². The Morgan fingerprint density at radius 1 is 1.37 bits per heavy atom. The fourth-order valence-corrected chi connectivity index (χ4v) is 3.72. The van der Waals surface area contributed by atoms with Gasteiger partial charge in [-0.25, -0.2) is 4.98 Å². The number of nitrogens with one attached hydrogen (secondary N) is 1. The summed E-state index contributed by atoms with van der Waals surface area (Å²) < 4.78 is 2.00. The Balaban J connectivity index is 2.20. The first-order valence-corrected chi connectivity index (χ1v) is 8.60. The third kappa shape index (κ3) is 4.34. The van der Waals surface area contributed by atoms with Gasteiger partial charge in [0.2, 0.25) is 0 Å². The SMILES string of the molecule is CCCNC(Cc1nccs1)c1ncc(Br)cc1Br. The van der Waals surface area contributed by atoms with Crippen molar-refractivity contribution in [3.05, 3.63) is 43.5 Å². The topological polar surface area (TPSA) is 37.8 Å². The highest BCUT2D eigenvalue weighted by Crippen LogP contribution is 2.27. The van der Waals surface area contributed by atoms with Crippen molar-refractivity contribution in [2.75, 3.05) is 6.54 Å². The van der Waals surface area contributed by atoms with Crippen molar-refractivity contribution in [2.24, 2.45) is 0 Å². The van der Waals surface area contributed by atoms with Crippen LogP contribution in [0.25, 0.3) is 0 Å². The predicted octanol–water partition coefficient (Wildman–Crippen LogP) is 4.35. The molecule has 19 heavy (non-hydrogen) atoms. The van der Waals surface area contributed by atoms with Crippen molar-refractivity contribution in [1.29, 1.82) is 0 Å². The molecule has 0 amide bonds. The third-order valence-electron chi connectivity index (χ3n) is 2.67. The molecule has 1 atom stereocenters. The highest BCUT2D eigenvalue weighted by Gasteiger charge is 2.17. The monoisotopic (exact) mass is 403 g/mol. The summed E-state index contributed by atoms with van der Waals surface area (Å²) in [4.78, 5) is 8.90. The zero-order chi connectivity index (χ0) is 13.7. The van der Waals surface area contributed by atoms with E-state index in [0.29, 0.717) is 0 Å². The van der Waals surface area contributed by atoms with Crippen LogP contribution in [0.5, 0.6) is 0 Å². The molecular formula is C13H15Br2N3S. The second-order valence-electron chi connectivity index (χ2n) is 4.16. The minimum atomic E-state index is 0.188. The Morgan fingerprint density at radius 2 is 2.21 bits per heavy atom. The zero-order valence-corrected chi connectivity index (χ0v) is 14.6. The van der Waals surface area contributed by atoms with E-state index >= 15 is 0 Å². The Morgan fingerprint density at radius 3 is 2.84 bits per heavy atom. The maximum absolute atomic E-state index is 4.53. The van der Waals surface area contributed by atoms with Crippen LogP contribution in [0.3, 0.4) is 0 Å². The van der Waals surface area contributed by atoms with Crippen LogP contribution >= 0.6 is 43.2 Å². The maximum atomic E-state index is 4.53. The second kappa shape index (κ2) is 7.47. The summed E-state index contributed by atoms with van der Waals surface area (Å²) in [6.45, 7) is 3.14. The number of hydrogen-bond donors (Lipinski definition) is 1. The van der Waals surface area contributed by atoms with Crippen LogP contribution in [-0.4, -0.2) is 16.5 Å². The molecule has 1 N–H and O–H groups in total. The molecule has 6 heteroatoms. The molecule has 0 aliphatic carbocycles. The average molecular weight is 405 g/mol. The average Bonchev–Trinajstić information content (AvgIpc) is 2.88. The van der Waals surface area contributed by atoms with E-state index in [4.69, 9.17) is 0 Å². The Labute approximate surface area is 134 Å².